The summed E-state index contributed by atoms with van der Waals surface area (Å²) in [4.78, 5) is 8.85. The Hall–Kier alpha value is -1.84. The fourth-order valence-electron chi connectivity index (χ4n) is 2.08. The van der Waals surface area contributed by atoms with E-state index in [0.29, 0.717) is 11.6 Å². The Morgan fingerprint density at radius 2 is 1.73 bits per heavy atom. The molecule has 5 heteroatoms. The Balaban J connectivity index is 0.00000176. The molecule has 0 bridgehead atoms. The third kappa shape index (κ3) is 3.49. The summed E-state index contributed by atoms with van der Waals surface area (Å²) >= 11 is 0. The van der Waals surface area contributed by atoms with E-state index in [2.05, 4.69) is 40.9 Å². The minimum atomic E-state index is 0. The van der Waals surface area contributed by atoms with Gasteiger partial charge in [0.05, 0.1) is 11.5 Å². The van der Waals surface area contributed by atoms with Crippen molar-refractivity contribution >= 4 is 0 Å². The molecule has 0 aliphatic heterocycles. The van der Waals surface area contributed by atoms with Crippen molar-refractivity contribution in [3.8, 4) is 22.9 Å². The first-order valence-corrected chi connectivity index (χ1v) is 6.94. The Morgan fingerprint density at radius 3 is 2.41 bits per heavy atom. The molecule has 0 N–H and O–H groups in total. The van der Waals surface area contributed by atoms with Crippen LogP contribution in [0.3, 0.4) is 0 Å². The van der Waals surface area contributed by atoms with Crippen LogP contribution in [0.5, 0.6) is 0 Å². The van der Waals surface area contributed by atoms with E-state index in [0.717, 1.165) is 11.3 Å². The zero-order valence-corrected chi connectivity index (χ0v) is 15.1. The van der Waals surface area contributed by atoms with Crippen LogP contribution in [0, 0.1) is 0 Å². The molecule has 0 saturated heterocycles. The van der Waals surface area contributed by atoms with Crippen molar-refractivity contribution in [2.24, 2.45) is 0 Å². The summed E-state index contributed by atoms with van der Waals surface area (Å²) in [5, 5.41) is 8.32. The number of aromatic nitrogens is 4. The van der Waals surface area contributed by atoms with Crippen LogP contribution in [0.4, 0.5) is 0 Å². The molecule has 0 saturated carbocycles. The van der Waals surface area contributed by atoms with Crippen LogP contribution in [0.15, 0.2) is 48.7 Å². The van der Waals surface area contributed by atoms with E-state index in [1.807, 2.05) is 42.5 Å². The molecule has 1 radical (unpaired) electrons. The SMILES string of the molecule is CC(C)(C)c1ccnc(-c2nc(-c3ccccc3)n[n-]2)c1.[Ir]. The molecule has 0 aliphatic rings. The molecule has 0 aliphatic carbocycles. The Morgan fingerprint density at radius 1 is 1.00 bits per heavy atom. The average Bonchev–Trinajstić information content (AvgIpc) is 2.97. The van der Waals surface area contributed by atoms with Gasteiger partial charge < -0.3 is 10.1 Å². The van der Waals surface area contributed by atoms with Crippen LogP contribution >= 0.6 is 0 Å². The van der Waals surface area contributed by atoms with Crippen LogP contribution in [0.2, 0.25) is 0 Å². The van der Waals surface area contributed by atoms with Gasteiger partial charge in [-0.2, -0.15) is 0 Å². The summed E-state index contributed by atoms with van der Waals surface area (Å²) in [6, 6.07) is 13.9. The molecule has 0 atom stereocenters. The first kappa shape index (κ1) is 16.5. The van der Waals surface area contributed by atoms with Crippen molar-refractivity contribution in [3.63, 3.8) is 0 Å². The number of hydrogen-bond donors (Lipinski definition) is 0. The molecule has 4 nitrogen and oxygen atoms in total. The van der Waals surface area contributed by atoms with Gasteiger partial charge in [0.2, 0.25) is 0 Å². The van der Waals surface area contributed by atoms with Gasteiger partial charge in [-0.1, -0.05) is 51.1 Å². The molecule has 0 amide bonds. The maximum atomic E-state index is 4.49. The van der Waals surface area contributed by atoms with Crippen molar-refractivity contribution in [2.45, 2.75) is 26.2 Å². The minimum absolute atomic E-state index is 0. The molecular weight excluding hydrogens is 452 g/mol. The first-order chi connectivity index (χ1) is 10.0. The second-order valence-corrected chi connectivity index (χ2v) is 6.00. The van der Waals surface area contributed by atoms with Crippen molar-refractivity contribution in [2.75, 3.05) is 0 Å². The number of nitrogens with zero attached hydrogens (tertiary/aromatic N) is 4. The molecule has 115 valence electrons. The molecular formula is C17H17IrN4-. The van der Waals surface area contributed by atoms with Crippen LogP contribution < -0.4 is 5.10 Å². The van der Waals surface area contributed by atoms with Gasteiger partial charge in [0.25, 0.3) is 0 Å². The third-order valence-electron chi connectivity index (χ3n) is 3.34. The molecule has 1 aromatic carbocycles. The first-order valence-electron chi connectivity index (χ1n) is 6.94. The quantitative estimate of drug-likeness (QED) is 0.577. The van der Waals surface area contributed by atoms with Crippen LogP contribution in [0.1, 0.15) is 26.3 Å². The molecule has 3 aromatic rings. The normalized spacial score (nSPS) is 11.0. The molecule has 0 spiro atoms. The van der Waals surface area contributed by atoms with Crippen LogP contribution in [0.25, 0.3) is 22.9 Å². The van der Waals surface area contributed by atoms with E-state index < -0.39 is 0 Å². The molecule has 22 heavy (non-hydrogen) atoms. The van der Waals surface area contributed by atoms with E-state index in [-0.39, 0.29) is 25.5 Å². The summed E-state index contributed by atoms with van der Waals surface area (Å²) in [7, 11) is 0. The summed E-state index contributed by atoms with van der Waals surface area (Å²) < 4.78 is 0. The van der Waals surface area contributed by atoms with Gasteiger partial charge in [0.15, 0.2) is 0 Å². The van der Waals surface area contributed by atoms with Gasteiger partial charge in [0.1, 0.15) is 0 Å². The molecule has 2 heterocycles. The molecule has 3 rings (SSSR count). The third-order valence-corrected chi connectivity index (χ3v) is 3.34. The maximum absolute atomic E-state index is 4.49. The fraction of sp³-hybridized carbons (Fsp3) is 0.235. The van der Waals surface area contributed by atoms with Crippen molar-refractivity contribution < 1.29 is 20.1 Å². The standard InChI is InChI=1S/C17H17N4.Ir/c1-17(2,3)13-9-10-18-14(11-13)16-19-15(20-21-16)12-7-5-4-6-8-12;/h4-11H,1-3H3;/q-1;. The summed E-state index contributed by atoms with van der Waals surface area (Å²) in [5.41, 5.74) is 3.00. The fourth-order valence-corrected chi connectivity index (χ4v) is 2.08. The van der Waals surface area contributed by atoms with Crippen LogP contribution in [-0.4, -0.2) is 15.1 Å². The van der Waals surface area contributed by atoms with Gasteiger partial charge in [-0.25, -0.2) is 0 Å². The van der Waals surface area contributed by atoms with E-state index in [9.17, 15) is 0 Å². The van der Waals surface area contributed by atoms with Gasteiger partial charge in [-0.05, 0) is 34.5 Å². The van der Waals surface area contributed by atoms with Crippen LogP contribution in [-0.2, 0) is 25.5 Å². The Bertz CT molecular complexity index is 745. The number of benzene rings is 1. The second kappa shape index (κ2) is 6.51. The monoisotopic (exact) mass is 470 g/mol. The second-order valence-electron chi connectivity index (χ2n) is 6.00. The van der Waals surface area contributed by atoms with Gasteiger partial charge in [-0.15, -0.1) is 0 Å². The zero-order valence-electron chi connectivity index (χ0n) is 12.7. The summed E-state index contributed by atoms with van der Waals surface area (Å²) in [5.74, 6) is 1.20. The summed E-state index contributed by atoms with van der Waals surface area (Å²) in [6.45, 7) is 6.52. The van der Waals surface area contributed by atoms with Gasteiger partial charge in [0, 0.05) is 26.3 Å². The van der Waals surface area contributed by atoms with Gasteiger partial charge in [-0.3, -0.25) is 10.1 Å². The zero-order chi connectivity index (χ0) is 14.9. The van der Waals surface area contributed by atoms with Crippen molar-refractivity contribution in [1.82, 2.24) is 20.2 Å². The average molecular weight is 470 g/mol. The topological polar surface area (TPSA) is 52.8 Å². The van der Waals surface area contributed by atoms with Crippen molar-refractivity contribution in [1.29, 1.82) is 0 Å². The number of rotatable bonds is 2. The number of hydrogen-bond acceptors (Lipinski definition) is 3. The predicted octanol–water partition coefficient (Wildman–Crippen LogP) is 3.46. The minimum Gasteiger partial charge on any atom is -0.417 e. The van der Waals surface area contributed by atoms with E-state index in [1.165, 1.54) is 5.56 Å². The molecule has 0 unspecified atom stereocenters. The van der Waals surface area contributed by atoms with E-state index in [1.54, 1.807) is 6.20 Å². The Kier molecular flexibility index (Phi) is 4.89. The van der Waals surface area contributed by atoms with E-state index in [4.69, 9.17) is 0 Å². The maximum Gasteiger partial charge on any atom is 0.0637 e. The van der Waals surface area contributed by atoms with Crippen molar-refractivity contribution in [3.05, 3.63) is 54.2 Å². The molecule has 2 aromatic heterocycles. The summed E-state index contributed by atoms with van der Waals surface area (Å²) in [6.07, 6.45) is 1.80. The largest absolute Gasteiger partial charge is 0.417 e. The Labute approximate surface area is 143 Å². The van der Waals surface area contributed by atoms with E-state index >= 15 is 0 Å². The van der Waals surface area contributed by atoms with Gasteiger partial charge >= 0.3 is 0 Å². The number of pyridine rings is 1. The smallest absolute Gasteiger partial charge is 0.0637 e. The predicted molar refractivity (Wildman–Crippen MR) is 82.7 cm³/mol. The molecule has 0 fully saturated rings.